The fourth-order valence-corrected chi connectivity index (χ4v) is 2.41. The Labute approximate surface area is 111 Å². The molecule has 0 aromatic heterocycles. The van der Waals surface area contributed by atoms with Gasteiger partial charge in [-0.05, 0) is 17.5 Å². The highest BCUT2D eigenvalue weighted by Gasteiger charge is 2.15. The molecule has 0 atom stereocenters. The number of guanidine groups is 1. The zero-order valence-electron chi connectivity index (χ0n) is 9.85. The minimum atomic E-state index is 0.360. The molecule has 0 saturated heterocycles. The van der Waals surface area contributed by atoms with Crippen LogP contribution in [0.4, 0.5) is 5.69 Å². The van der Waals surface area contributed by atoms with Crippen molar-refractivity contribution in [3.05, 3.63) is 27.7 Å². The Kier molecular flexibility index (Phi) is 3.79. The summed E-state index contributed by atoms with van der Waals surface area (Å²) in [5.41, 5.74) is 1.81. The SMILES string of the molecule is CC(C)c1ccc(Cl)c(NC2=NCCN2)c1Cl. The summed E-state index contributed by atoms with van der Waals surface area (Å²) in [5, 5.41) is 7.55. The minimum absolute atomic E-state index is 0.360. The van der Waals surface area contributed by atoms with Crippen LogP contribution in [0.25, 0.3) is 0 Å². The molecule has 0 bridgehead atoms. The Morgan fingerprint density at radius 3 is 2.71 bits per heavy atom. The van der Waals surface area contributed by atoms with Gasteiger partial charge in [-0.3, -0.25) is 4.99 Å². The summed E-state index contributed by atoms with van der Waals surface area (Å²) in [6, 6.07) is 3.82. The second-order valence-corrected chi connectivity index (χ2v) is 5.05. The van der Waals surface area contributed by atoms with Gasteiger partial charge in [0.2, 0.25) is 0 Å². The topological polar surface area (TPSA) is 36.4 Å². The Balaban J connectivity index is 2.34. The molecule has 0 saturated carbocycles. The van der Waals surface area contributed by atoms with Crippen LogP contribution in [0.15, 0.2) is 17.1 Å². The first-order chi connectivity index (χ1) is 8.09. The number of hydrogen-bond acceptors (Lipinski definition) is 3. The van der Waals surface area contributed by atoms with Gasteiger partial charge in [-0.15, -0.1) is 0 Å². The van der Waals surface area contributed by atoms with Crippen molar-refractivity contribution in [2.24, 2.45) is 4.99 Å². The van der Waals surface area contributed by atoms with E-state index in [2.05, 4.69) is 29.5 Å². The van der Waals surface area contributed by atoms with E-state index < -0.39 is 0 Å². The normalized spacial score (nSPS) is 14.8. The maximum atomic E-state index is 6.36. The predicted octanol–water partition coefficient (Wildman–Crippen LogP) is 3.49. The number of benzene rings is 1. The second-order valence-electron chi connectivity index (χ2n) is 4.26. The summed E-state index contributed by atoms with van der Waals surface area (Å²) in [7, 11) is 0. The lowest BCUT2D eigenvalue weighted by Gasteiger charge is -2.15. The van der Waals surface area contributed by atoms with Crippen molar-refractivity contribution in [2.75, 3.05) is 18.4 Å². The van der Waals surface area contributed by atoms with Crippen molar-refractivity contribution < 1.29 is 0 Å². The summed E-state index contributed by atoms with van der Waals surface area (Å²) in [6.07, 6.45) is 0. The molecule has 0 fully saturated rings. The number of hydrogen-bond donors (Lipinski definition) is 2. The quantitative estimate of drug-likeness (QED) is 0.864. The van der Waals surface area contributed by atoms with Gasteiger partial charge in [-0.1, -0.05) is 43.1 Å². The van der Waals surface area contributed by atoms with E-state index in [9.17, 15) is 0 Å². The van der Waals surface area contributed by atoms with E-state index in [4.69, 9.17) is 23.2 Å². The minimum Gasteiger partial charge on any atom is -0.354 e. The van der Waals surface area contributed by atoms with Crippen LogP contribution in [0.5, 0.6) is 0 Å². The summed E-state index contributed by atoms with van der Waals surface area (Å²) in [6.45, 7) is 5.83. The predicted molar refractivity (Wildman–Crippen MR) is 74.5 cm³/mol. The molecular weight excluding hydrogens is 257 g/mol. The first-order valence-electron chi connectivity index (χ1n) is 5.63. The van der Waals surface area contributed by atoms with Crippen molar-refractivity contribution in [2.45, 2.75) is 19.8 Å². The lowest BCUT2D eigenvalue weighted by Crippen LogP contribution is -2.26. The van der Waals surface area contributed by atoms with E-state index in [0.29, 0.717) is 16.0 Å². The molecule has 0 unspecified atom stereocenters. The first-order valence-corrected chi connectivity index (χ1v) is 6.38. The Morgan fingerprint density at radius 2 is 2.12 bits per heavy atom. The average Bonchev–Trinajstić information content (AvgIpc) is 2.76. The van der Waals surface area contributed by atoms with Crippen LogP contribution in [-0.2, 0) is 0 Å². The van der Waals surface area contributed by atoms with Gasteiger partial charge in [-0.2, -0.15) is 0 Å². The van der Waals surface area contributed by atoms with E-state index in [1.807, 2.05) is 12.1 Å². The lowest BCUT2D eigenvalue weighted by molar-refractivity contribution is 0.867. The van der Waals surface area contributed by atoms with Gasteiger partial charge >= 0.3 is 0 Å². The molecule has 1 aliphatic rings. The third-order valence-corrected chi connectivity index (χ3v) is 3.38. The highest BCUT2D eigenvalue weighted by Crippen LogP contribution is 2.36. The Hall–Kier alpha value is -0.930. The van der Waals surface area contributed by atoms with Gasteiger partial charge in [0.15, 0.2) is 5.96 Å². The number of anilines is 1. The maximum Gasteiger partial charge on any atom is 0.196 e. The van der Waals surface area contributed by atoms with Crippen LogP contribution in [-0.4, -0.2) is 19.0 Å². The van der Waals surface area contributed by atoms with Crippen molar-refractivity contribution in [3.8, 4) is 0 Å². The number of halogens is 2. The fraction of sp³-hybridized carbons (Fsp3) is 0.417. The molecule has 2 rings (SSSR count). The molecule has 1 aromatic carbocycles. The van der Waals surface area contributed by atoms with Crippen LogP contribution in [0.3, 0.4) is 0 Å². The summed E-state index contributed by atoms with van der Waals surface area (Å²) in [4.78, 5) is 4.26. The highest BCUT2D eigenvalue weighted by molar-refractivity contribution is 6.40. The molecule has 1 aliphatic heterocycles. The Morgan fingerprint density at radius 1 is 1.35 bits per heavy atom. The molecule has 0 spiro atoms. The molecule has 0 radical (unpaired) electrons. The van der Waals surface area contributed by atoms with Gasteiger partial charge in [-0.25, -0.2) is 0 Å². The first kappa shape index (κ1) is 12.5. The zero-order valence-corrected chi connectivity index (χ0v) is 11.4. The van der Waals surface area contributed by atoms with Crippen LogP contribution in [0.2, 0.25) is 10.0 Å². The molecule has 0 amide bonds. The highest BCUT2D eigenvalue weighted by atomic mass is 35.5. The number of nitrogens with zero attached hydrogens (tertiary/aromatic N) is 1. The van der Waals surface area contributed by atoms with Gasteiger partial charge < -0.3 is 10.6 Å². The standard InChI is InChI=1S/C12H15Cl2N3/c1-7(2)8-3-4-9(13)11(10(8)14)17-12-15-5-6-16-12/h3-4,7H,5-6H2,1-2H3,(H2,15,16,17). The van der Waals surface area contributed by atoms with E-state index >= 15 is 0 Å². The van der Waals surface area contributed by atoms with Gasteiger partial charge in [0.25, 0.3) is 0 Å². The molecule has 17 heavy (non-hydrogen) atoms. The van der Waals surface area contributed by atoms with Crippen LogP contribution in [0.1, 0.15) is 25.3 Å². The third-order valence-electron chi connectivity index (χ3n) is 2.66. The van der Waals surface area contributed by atoms with Crippen molar-refractivity contribution >= 4 is 34.8 Å². The van der Waals surface area contributed by atoms with E-state index in [1.165, 1.54) is 0 Å². The van der Waals surface area contributed by atoms with Gasteiger partial charge in [0, 0.05) is 6.54 Å². The van der Waals surface area contributed by atoms with E-state index in [-0.39, 0.29) is 0 Å². The van der Waals surface area contributed by atoms with Gasteiger partial charge in [0.05, 0.1) is 22.3 Å². The monoisotopic (exact) mass is 271 g/mol. The molecule has 3 nitrogen and oxygen atoms in total. The van der Waals surface area contributed by atoms with Gasteiger partial charge in [0.1, 0.15) is 0 Å². The smallest absolute Gasteiger partial charge is 0.196 e. The summed E-state index contributed by atoms with van der Waals surface area (Å²) >= 11 is 12.5. The molecule has 2 N–H and O–H groups in total. The Bertz CT molecular complexity index is 455. The maximum absolute atomic E-state index is 6.36. The van der Waals surface area contributed by atoms with Crippen LogP contribution in [0, 0.1) is 0 Å². The fourth-order valence-electron chi connectivity index (χ4n) is 1.73. The number of aliphatic imine (C=N–C) groups is 1. The van der Waals surface area contributed by atoms with Crippen molar-refractivity contribution in [1.29, 1.82) is 0 Å². The van der Waals surface area contributed by atoms with E-state index in [1.54, 1.807) is 0 Å². The summed E-state index contributed by atoms with van der Waals surface area (Å²) in [5.74, 6) is 1.09. The molecule has 5 heteroatoms. The van der Waals surface area contributed by atoms with E-state index in [0.717, 1.165) is 30.3 Å². The van der Waals surface area contributed by atoms with Crippen molar-refractivity contribution in [1.82, 2.24) is 5.32 Å². The molecular formula is C12H15Cl2N3. The molecule has 92 valence electrons. The third kappa shape index (κ3) is 2.67. The van der Waals surface area contributed by atoms with Crippen LogP contribution < -0.4 is 10.6 Å². The number of nitrogens with one attached hydrogen (secondary N) is 2. The van der Waals surface area contributed by atoms with Crippen LogP contribution >= 0.6 is 23.2 Å². The lowest BCUT2D eigenvalue weighted by atomic mass is 10.0. The number of rotatable bonds is 2. The average molecular weight is 272 g/mol. The molecule has 1 aromatic rings. The molecule has 0 aliphatic carbocycles. The zero-order chi connectivity index (χ0) is 12.4. The summed E-state index contributed by atoms with van der Waals surface area (Å²) < 4.78 is 0. The molecule has 1 heterocycles. The second kappa shape index (κ2) is 5.15. The largest absolute Gasteiger partial charge is 0.354 e. The van der Waals surface area contributed by atoms with Crippen molar-refractivity contribution in [3.63, 3.8) is 0 Å².